The third-order valence-electron chi connectivity index (χ3n) is 3.51. The Morgan fingerprint density at radius 3 is 2.40 bits per heavy atom. The summed E-state index contributed by atoms with van der Waals surface area (Å²) in [6.07, 6.45) is 0. The van der Waals surface area contributed by atoms with Crippen LogP contribution in [0, 0.1) is 0 Å². The minimum absolute atomic E-state index is 0.115. The van der Waals surface area contributed by atoms with Gasteiger partial charge in [-0.3, -0.25) is 9.10 Å². The Morgan fingerprint density at radius 2 is 1.80 bits per heavy atom. The molecule has 0 saturated carbocycles. The molecule has 0 spiro atoms. The van der Waals surface area contributed by atoms with Gasteiger partial charge in [-0.25, -0.2) is 8.42 Å². The van der Waals surface area contributed by atoms with Crippen LogP contribution in [0.5, 0.6) is 0 Å². The van der Waals surface area contributed by atoms with E-state index in [1.54, 1.807) is 11.4 Å². The lowest BCUT2D eigenvalue weighted by Crippen LogP contribution is -2.33. The zero-order valence-corrected chi connectivity index (χ0v) is 16.6. The molecule has 0 fully saturated rings. The van der Waals surface area contributed by atoms with E-state index in [0.29, 0.717) is 28.7 Å². The number of thiophene rings is 1. The van der Waals surface area contributed by atoms with E-state index in [4.69, 9.17) is 11.6 Å². The number of hydrogen-bond donors (Lipinski definition) is 1. The Bertz CT molecular complexity index is 833. The molecule has 1 aromatic carbocycles. The lowest BCUT2D eigenvalue weighted by molar-refractivity contribution is 0.0955. The number of amides is 1. The highest BCUT2D eigenvalue weighted by Crippen LogP contribution is 2.30. The van der Waals surface area contributed by atoms with Gasteiger partial charge in [0.25, 0.3) is 15.9 Å². The minimum Gasteiger partial charge on any atom is -0.350 e. The molecule has 0 aliphatic carbocycles. The number of carbonyl (C=O) groups is 1. The Morgan fingerprint density at radius 1 is 1.16 bits per heavy atom. The molecule has 1 aromatic heterocycles. The van der Waals surface area contributed by atoms with Crippen molar-refractivity contribution in [3.63, 3.8) is 0 Å². The van der Waals surface area contributed by atoms with Crippen LogP contribution in [0.3, 0.4) is 0 Å². The molecule has 0 radical (unpaired) electrons. The Hall–Kier alpha value is -1.61. The van der Waals surface area contributed by atoms with Crippen LogP contribution in [0.15, 0.2) is 40.6 Å². The fraction of sp³-hybridized carbons (Fsp3) is 0.312. The van der Waals surface area contributed by atoms with Crippen LogP contribution in [0.25, 0.3) is 0 Å². The maximum absolute atomic E-state index is 12.8. The first-order chi connectivity index (χ1) is 11.7. The predicted molar refractivity (Wildman–Crippen MR) is 102 cm³/mol. The van der Waals surface area contributed by atoms with Gasteiger partial charge in [0.05, 0.1) is 10.6 Å². The highest BCUT2D eigenvalue weighted by molar-refractivity contribution is 7.92. The number of nitrogens with zero attached hydrogens (tertiary/aromatic N) is 2. The van der Waals surface area contributed by atoms with E-state index in [-0.39, 0.29) is 10.8 Å². The molecular formula is C16H20ClN3O3S2. The second-order valence-corrected chi connectivity index (χ2v) is 8.94. The molecule has 2 rings (SSSR count). The van der Waals surface area contributed by atoms with Gasteiger partial charge in [0.1, 0.15) is 4.88 Å². The van der Waals surface area contributed by atoms with Crippen LogP contribution < -0.4 is 9.62 Å². The standard InChI is InChI=1S/C16H20ClN3O3S2/c1-19(2)10-9-18-16(21)15-14(8-11-24-15)20(3)25(22,23)13-6-4-12(17)5-7-13/h4-8,11H,9-10H2,1-3H3,(H,18,21). The Labute approximate surface area is 157 Å². The molecule has 0 bridgehead atoms. The maximum atomic E-state index is 12.8. The van der Waals surface area contributed by atoms with Crippen LogP contribution in [-0.2, 0) is 10.0 Å². The van der Waals surface area contributed by atoms with Gasteiger partial charge in [0.15, 0.2) is 0 Å². The summed E-state index contributed by atoms with van der Waals surface area (Å²) in [6.45, 7) is 1.18. The van der Waals surface area contributed by atoms with Crippen LogP contribution in [0.4, 0.5) is 5.69 Å². The summed E-state index contributed by atoms with van der Waals surface area (Å²) in [7, 11) is 1.48. The summed E-state index contributed by atoms with van der Waals surface area (Å²) in [6, 6.07) is 7.54. The number of halogens is 1. The van der Waals surface area contributed by atoms with Gasteiger partial charge >= 0.3 is 0 Å². The number of anilines is 1. The zero-order chi connectivity index (χ0) is 18.6. The summed E-state index contributed by atoms with van der Waals surface area (Å²) in [4.78, 5) is 14.8. The van der Waals surface area contributed by atoms with Gasteiger partial charge in [0.2, 0.25) is 0 Å². The lowest BCUT2D eigenvalue weighted by Gasteiger charge is -2.20. The van der Waals surface area contributed by atoms with Crippen LogP contribution >= 0.6 is 22.9 Å². The summed E-state index contributed by atoms with van der Waals surface area (Å²) < 4.78 is 26.7. The fourth-order valence-corrected chi connectivity index (χ4v) is 4.32. The number of sulfonamides is 1. The van der Waals surface area contributed by atoms with E-state index in [9.17, 15) is 13.2 Å². The third-order valence-corrected chi connectivity index (χ3v) is 6.45. The van der Waals surface area contributed by atoms with E-state index in [0.717, 1.165) is 4.31 Å². The van der Waals surface area contributed by atoms with Crippen LogP contribution in [-0.4, -0.2) is 53.5 Å². The van der Waals surface area contributed by atoms with Gasteiger partial charge in [-0.2, -0.15) is 0 Å². The lowest BCUT2D eigenvalue weighted by atomic mass is 10.3. The van der Waals surface area contributed by atoms with E-state index in [2.05, 4.69) is 5.32 Å². The smallest absolute Gasteiger partial charge is 0.264 e. The Balaban J connectivity index is 2.23. The second kappa shape index (κ2) is 8.18. The van der Waals surface area contributed by atoms with Gasteiger partial charge in [-0.15, -0.1) is 11.3 Å². The van der Waals surface area contributed by atoms with E-state index in [1.807, 2.05) is 19.0 Å². The van der Waals surface area contributed by atoms with Crippen molar-refractivity contribution < 1.29 is 13.2 Å². The number of rotatable bonds is 7. The number of benzene rings is 1. The largest absolute Gasteiger partial charge is 0.350 e. The summed E-state index contributed by atoms with van der Waals surface area (Å²) in [5.41, 5.74) is 0.349. The molecule has 0 atom stereocenters. The quantitative estimate of drug-likeness (QED) is 0.773. The SMILES string of the molecule is CN(C)CCNC(=O)c1sccc1N(C)S(=O)(=O)c1ccc(Cl)cc1. The fourth-order valence-electron chi connectivity index (χ4n) is 2.09. The highest BCUT2D eigenvalue weighted by atomic mass is 35.5. The zero-order valence-electron chi connectivity index (χ0n) is 14.2. The first-order valence-electron chi connectivity index (χ1n) is 7.48. The van der Waals surface area contributed by atoms with Crippen molar-refractivity contribution >= 4 is 44.6 Å². The maximum Gasteiger partial charge on any atom is 0.264 e. The molecule has 9 heteroatoms. The predicted octanol–water partition coefficient (Wildman–Crippen LogP) is 2.52. The average molecular weight is 402 g/mol. The van der Waals surface area contributed by atoms with Gasteiger partial charge < -0.3 is 10.2 Å². The van der Waals surface area contributed by atoms with Crippen LogP contribution in [0.2, 0.25) is 5.02 Å². The van der Waals surface area contributed by atoms with Crippen molar-refractivity contribution in [3.8, 4) is 0 Å². The molecular weight excluding hydrogens is 382 g/mol. The van der Waals surface area contributed by atoms with Crippen LogP contribution in [0.1, 0.15) is 9.67 Å². The van der Waals surface area contributed by atoms with Crippen molar-refractivity contribution in [3.05, 3.63) is 45.6 Å². The monoisotopic (exact) mass is 401 g/mol. The van der Waals surface area contributed by atoms with Gasteiger partial charge in [-0.1, -0.05) is 11.6 Å². The number of nitrogens with one attached hydrogen (secondary N) is 1. The summed E-state index contributed by atoms with van der Waals surface area (Å²) >= 11 is 7.02. The van der Waals surface area contributed by atoms with Gasteiger partial charge in [0, 0.05) is 25.2 Å². The van der Waals surface area contributed by atoms with E-state index >= 15 is 0 Å². The van der Waals surface area contributed by atoms with Gasteiger partial charge in [-0.05, 0) is 49.8 Å². The summed E-state index contributed by atoms with van der Waals surface area (Å²) in [5, 5.41) is 4.96. The van der Waals surface area contributed by atoms with E-state index in [1.165, 1.54) is 42.6 Å². The first kappa shape index (κ1) is 19.7. The topological polar surface area (TPSA) is 69.7 Å². The molecule has 0 aliphatic heterocycles. The number of likely N-dealkylation sites (N-methyl/N-ethyl adjacent to an activating group) is 1. The van der Waals surface area contributed by atoms with Crippen molar-refractivity contribution in [1.29, 1.82) is 0 Å². The molecule has 1 amide bonds. The molecule has 1 heterocycles. The first-order valence-corrected chi connectivity index (χ1v) is 10.2. The highest BCUT2D eigenvalue weighted by Gasteiger charge is 2.26. The van der Waals surface area contributed by atoms with Crippen molar-refractivity contribution in [2.75, 3.05) is 38.5 Å². The second-order valence-electron chi connectivity index (χ2n) is 5.62. The molecule has 2 aromatic rings. The van der Waals surface area contributed by atoms with Crippen molar-refractivity contribution in [2.45, 2.75) is 4.90 Å². The molecule has 136 valence electrons. The normalized spacial score (nSPS) is 11.6. The molecule has 0 saturated heterocycles. The Kier molecular flexibility index (Phi) is 6.45. The average Bonchev–Trinajstić information content (AvgIpc) is 3.03. The number of hydrogen-bond acceptors (Lipinski definition) is 5. The van der Waals surface area contributed by atoms with Crippen molar-refractivity contribution in [1.82, 2.24) is 10.2 Å². The van der Waals surface area contributed by atoms with Crippen molar-refractivity contribution in [2.24, 2.45) is 0 Å². The minimum atomic E-state index is -3.78. The molecule has 0 aliphatic rings. The molecule has 0 unspecified atom stereocenters. The molecule has 1 N–H and O–H groups in total. The van der Waals surface area contributed by atoms with E-state index < -0.39 is 10.0 Å². The number of carbonyl (C=O) groups excluding carboxylic acids is 1. The third kappa shape index (κ3) is 4.72. The molecule has 25 heavy (non-hydrogen) atoms. The summed E-state index contributed by atoms with van der Waals surface area (Å²) in [5.74, 6) is -0.287. The molecule has 6 nitrogen and oxygen atoms in total.